The number of aromatic nitrogens is 1. The van der Waals surface area contributed by atoms with Crippen molar-refractivity contribution >= 4 is 29.1 Å². The summed E-state index contributed by atoms with van der Waals surface area (Å²) in [4.78, 5) is 43.5. The van der Waals surface area contributed by atoms with Crippen molar-refractivity contribution in [3.63, 3.8) is 0 Å². The van der Waals surface area contributed by atoms with Crippen molar-refractivity contribution in [2.24, 2.45) is 4.99 Å². The normalized spacial score (nSPS) is 14.7. The van der Waals surface area contributed by atoms with Gasteiger partial charge in [-0.1, -0.05) is 48.6 Å². The lowest BCUT2D eigenvalue weighted by molar-refractivity contribution is -0.385. The maximum Gasteiger partial charge on any atom is 0.338 e. The number of hydrogen-bond acceptors (Lipinski definition) is 10. The maximum absolute atomic E-state index is 14.0. The van der Waals surface area contributed by atoms with E-state index in [1.165, 1.54) is 17.7 Å². The lowest BCUT2D eigenvalue weighted by atomic mass is 9.95. The average molecular weight is 618 g/mol. The molecule has 0 spiro atoms. The molecule has 11 nitrogen and oxygen atoms in total. The van der Waals surface area contributed by atoms with E-state index in [1.807, 2.05) is 31.2 Å². The summed E-state index contributed by atoms with van der Waals surface area (Å²) in [5.74, 6) is 0.750. The van der Waals surface area contributed by atoms with Crippen LogP contribution in [0.5, 0.6) is 5.75 Å². The fourth-order valence-electron chi connectivity index (χ4n) is 4.90. The maximum atomic E-state index is 14.0. The number of methoxy groups -OCH3 is 1. The molecule has 1 atom stereocenters. The largest absolute Gasteiger partial charge is 0.493 e. The first-order valence-electron chi connectivity index (χ1n) is 14.0. The molecule has 228 valence electrons. The number of aryl methyl sites for hydroxylation is 1. The van der Waals surface area contributed by atoms with Gasteiger partial charge in [-0.15, -0.1) is 0 Å². The van der Waals surface area contributed by atoms with Gasteiger partial charge in [0, 0.05) is 35.9 Å². The van der Waals surface area contributed by atoms with Crippen molar-refractivity contribution < 1.29 is 28.3 Å². The Morgan fingerprint density at radius 3 is 2.68 bits per heavy atom. The van der Waals surface area contributed by atoms with Crippen molar-refractivity contribution in [1.29, 1.82) is 0 Å². The summed E-state index contributed by atoms with van der Waals surface area (Å²) >= 11 is 1.16. The molecule has 0 amide bonds. The van der Waals surface area contributed by atoms with Gasteiger partial charge in [0.25, 0.3) is 11.2 Å². The predicted molar refractivity (Wildman–Crippen MR) is 164 cm³/mol. The first-order chi connectivity index (χ1) is 21.2. The van der Waals surface area contributed by atoms with Gasteiger partial charge in [0.1, 0.15) is 29.9 Å². The topological polar surface area (TPSA) is 135 Å². The number of ether oxygens (including phenoxy) is 3. The Labute approximate surface area is 256 Å². The molecule has 0 unspecified atom stereocenters. The minimum absolute atomic E-state index is 0.0103. The second-order valence-electron chi connectivity index (χ2n) is 10.1. The molecule has 2 aromatic carbocycles. The van der Waals surface area contributed by atoms with Crippen molar-refractivity contribution in [2.45, 2.75) is 33.2 Å². The Hall–Kier alpha value is -4.81. The van der Waals surface area contributed by atoms with Gasteiger partial charge in [-0.25, -0.2) is 9.79 Å². The predicted octanol–water partition coefficient (Wildman–Crippen LogP) is 4.69. The third-order valence-electron chi connectivity index (χ3n) is 7.03. The van der Waals surface area contributed by atoms with Crippen molar-refractivity contribution in [3.8, 4) is 17.1 Å². The molecule has 5 rings (SSSR count). The molecular formula is C32H31N3O8S. The van der Waals surface area contributed by atoms with Crippen molar-refractivity contribution in [2.75, 3.05) is 26.9 Å². The lowest BCUT2D eigenvalue weighted by Crippen LogP contribution is -2.40. The summed E-state index contributed by atoms with van der Waals surface area (Å²) in [6, 6.07) is 14.7. The average Bonchev–Trinajstić information content (AvgIpc) is 3.59. The number of carbonyl (C=O) groups excluding carboxylic acids is 1. The van der Waals surface area contributed by atoms with Gasteiger partial charge in [-0.05, 0) is 38.5 Å². The molecule has 2 aromatic heterocycles. The summed E-state index contributed by atoms with van der Waals surface area (Å²) in [5, 5.41) is 11.4. The number of carbonyl (C=O) groups is 1. The first kappa shape index (κ1) is 30.6. The highest BCUT2D eigenvalue weighted by atomic mass is 32.1. The van der Waals surface area contributed by atoms with Gasteiger partial charge in [0.15, 0.2) is 4.80 Å². The van der Waals surface area contributed by atoms with E-state index in [0.717, 1.165) is 17.8 Å². The van der Waals surface area contributed by atoms with Crippen LogP contribution in [0.25, 0.3) is 17.4 Å². The van der Waals surface area contributed by atoms with Crippen molar-refractivity contribution in [1.82, 2.24) is 4.57 Å². The standard InChI is InChI=1S/C32H31N3O8S/c1-5-14-41-26-9-7-6-8-23(26)29-28(31(37)42-16-15-40-4)20(3)33-32-34(29)30(36)27(44-32)18-22-12-13-25(43-22)21-11-10-19(2)24(17-21)35(38)39/h6-13,17-18,29H,5,14-16H2,1-4H3/b27-18+/t29-/m1/s1. The summed E-state index contributed by atoms with van der Waals surface area (Å²) < 4.78 is 24.4. The van der Waals surface area contributed by atoms with Crippen LogP contribution >= 0.6 is 11.3 Å². The van der Waals surface area contributed by atoms with Gasteiger partial charge >= 0.3 is 5.97 Å². The smallest absolute Gasteiger partial charge is 0.338 e. The van der Waals surface area contributed by atoms with E-state index in [2.05, 4.69) is 4.99 Å². The van der Waals surface area contributed by atoms with Gasteiger partial charge < -0.3 is 18.6 Å². The molecule has 0 saturated heterocycles. The number of hydrogen-bond donors (Lipinski definition) is 0. The van der Waals surface area contributed by atoms with Crippen LogP contribution in [0.15, 0.2) is 80.1 Å². The number of fused-ring (bicyclic) bond motifs is 1. The number of esters is 1. The number of nitro groups is 1. The zero-order valence-corrected chi connectivity index (χ0v) is 25.5. The van der Waals surface area contributed by atoms with E-state index in [1.54, 1.807) is 44.2 Å². The van der Waals surface area contributed by atoms with Gasteiger partial charge in [0.2, 0.25) is 0 Å². The summed E-state index contributed by atoms with van der Waals surface area (Å²) in [6.45, 7) is 6.10. The zero-order chi connectivity index (χ0) is 31.4. The molecule has 0 saturated carbocycles. The third kappa shape index (κ3) is 6.12. The molecule has 1 aliphatic rings. The zero-order valence-electron chi connectivity index (χ0n) is 24.7. The number of furan rings is 1. The minimum Gasteiger partial charge on any atom is -0.493 e. The molecule has 0 bridgehead atoms. The van der Waals surface area contributed by atoms with Gasteiger partial charge in [-0.2, -0.15) is 0 Å². The fraction of sp³-hybridized carbons (Fsp3) is 0.281. The van der Waals surface area contributed by atoms with Crippen LogP contribution in [0.1, 0.15) is 43.2 Å². The number of para-hydroxylation sites is 1. The van der Waals surface area contributed by atoms with Crippen LogP contribution in [0.2, 0.25) is 0 Å². The van der Waals surface area contributed by atoms with Crippen molar-refractivity contribution in [3.05, 3.63) is 113 Å². The molecule has 1 aliphatic heterocycles. The molecule has 3 heterocycles. The van der Waals surface area contributed by atoms with Gasteiger partial charge in [0.05, 0.1) is 33.9 Å². The second kappa shape index (κ2) is 13.2. The molecule has 0 aliphatic carbocycles. The quantitative estimate of drug-likeness (QED) is 0.102. The fourth-order valence-corrected chi connectivity index (χ4v) is 5.92. The SMILES string of the molecule is CCCOc1ccccc1[C@@H]1C(C(=O)OCCOC)=C(C)N=c2s/c(=C/c3ccc(-c4ccc(C)c([N+](=O)[O-])c4)o3)c(=O)n21. The number of rotatable bonds is 11. The monoisotopic (exact) mass is 617 g/mol. The Morgan fingerprint density at radius 2 is 1.93 bits per heavy atom. The number of nitrogens with zero attached hydrogens (tertiary/aromatic N) is 3. The highest BCUT2D eigenvalue weighted by Gasteiger charge is 2.35. The Kier molecular flexibility index (Phi) is 9.21. The second-order valence-corrected chi connectivity index (χ2v) is 11.1. The number of thiazole rings is 1. The lowest BCUT2D eigenvalue weighted by Gasteiger charge is -2.26. The summed E-state index contributed by atoms with van der Waals surface area (Å²) in [5.41, 5.74) is 1.99. The van der Waals surface area contributed by atoms with E-state index >= 15 is 0 Å². The number of benzene rings is 2. The Bertz CT molecular complexity index is 1930. The van der Waals surface area contributed by atoms with Gasteiger partial charge in [-0.3, -0.25) is 19.5 Å². The molecule has 44 heavy (non-hydrogen) atoms. The number of nitro benzene ring substituents is 1. The van der Waals surface area contributed by atoms with E-state index in [9.17, 15) is 19.7 Å². The van der Waals surface area contributed by atoms with E-state index in [4.69, 9.17) is 18.6 Å². The molecule has 4 aromatic rings. The summed E-state index contributed by atoms with van der Waals surface area (Å²) in [7, 11) is 1.51. The molecule has 0 radical (unpaired) electrons. The Morgan fingerprint density at radius 1 is 1.14 bits per heavy atom. The summed E-state index contributed by atoms with van der Waals surface area (Å²) in [6.07, 6.45) is 2.38. The highest BCUT2D eigenvalue weighted by molar-refractivity contribution is 7.07. The molecule has 0 fully saturated rings. The van der Waals surface area contributed by atoms with Crippen LogP contribution in [0, 0.1) is 17.0 Å². The molecule has 0 N–H and O–H groups in total. The van der Waals surface area contributed by atoms with E-state index < -0.39 is 16.9 Å². The number of allylic oxidation sites excluding steroid dienone is 1. The Balaban J connectivity index is 1.61. The minimum atomic E-state index is -0.850. The van der Waals surface area contributed by atoms with Crippen LogP contribution in [0.4, 0.5) is 5.69 Å². The highest BCUT2D eigenvalue weighted by Crippen LogP contribution is 2.36. The molecule has 12 heteroatoms. The van der Waals surface area contributed by atoms with Crippen LogP contribution < -0.4 is 19.6 Å². The third-order valence-corrected chi connectivity index (χ3v) is 8.01. The van der Waals surface area contributed by atoms with Crippen LogP contribution in [0.3, 0.4) is 0 Å². The van der Waals surface area contributed by atoms with E-state index in [-0.39, 0.29) is 30.0 Å². The van der Waals surface area contributed by atoms with Crippen LogP contribution in [-0.4, -0.2) is 42.4 Å². The van der Waals surface area contributed by atoms with E-state index in [0.29, 0.717) is 55.6 Å². The van der Waals surface area contributed by atoms with Crippen LogP contribution in [-0.2, 0) is 14.3 Å². The molecular weight excluding hydrogens is 586 g/mol. The first-order valence-corrected chi connectivity index (χ1v) is 14.8.